The molecule has 2 rings (SSSR count). The van der Waals surface area contributed by atoms with Gasteiger partial charge in [-0.25, -0.2) is 0 Å². The van der Waals surface area contributed by atoms with Crippen LogP contribution in [0.1, 0.15) is 22.4 Å². The number of hydrogen-bond acceptors (Lipinski definition) is 2. The van der Waals surface area contributed by atoms with Crippen LogP contribution in [-0.4, -0.2) is 6.18 Å². The van der Waals surface area contributed by atoms with Crippen molar-refractivity contribution in [3.05, 3.63) is 20.3 Å². The van der Waals surface area contributed by atoms with Crippen LogP contribution < -0.4 is 5.73 Å². The van der Waals surface area contributed by atoms with Gasteiger partial charge < -0.3 is 5.73 Å². The van der Waals surface area contributed by atoms with Crippen molar-refractivity contribution in [1.82, 2.24) is 0 Å². The Balaban J connectivity index is 2.29. The Kier molecular flexibility index (Phi) is 3.20. The van der Waals surface area contributed by atoms with E-state index in [-0.39, 0.29) is 12.8 Å². The summed E-state index contributed by atoms with van der Waals surface area (Å²) in [6.45, 7) is 0.307. The second kappa shape index (κ2) is 4.20. The normalized spacial score (nSPS) is 20.9. The van der Waals surface area contributed by atoms with E-state index in [2.05, 4.69) is 0 Å². The van der Waals surface area contributed by atoms with Crippen LogP contribution in [0, 0.1) is 5.92 Å². The zero-order valence-electron chi connectivity index (χ0n) is 8.40. The Labute approximate surface area is 100 Å². The predicted molar refractivity (Wildman–Crippen MR) is 58.8 cm³/mol. The molecule has 1 aliphatic carbocycles. The highest BCUT2D eigenvalue weighted by atomic mass is 35.5. The Bertz CT molecular complexity index is 400. The standard InChI is InChI=1S/C10H11ClF3NS/c11-9-7(4-15)6-2-1-5(10(12,13)14)3-8(6)16-9/h5H,1-4,15H2. The molecule has 1 aromatic rings. The number of halogens is 4. The summed E-state index contributed by atoms with van der Waals surface area (Å²) in [4.78, 5) is 0.763. The fourth-order valence-electron chi connectivity index (χ4n) is 2.10. The Morgan fingerprint density at radius 3 is 2.69 bits per heavy atom. The molecule has 0 fully saturated rings. The average molecular weight is 270 g/mol. The molecular formula is C10H11ClF3NS. The number of thiophene rings is 1. The summed E-state index contributed by atoms with van der Waals surface area (Å²) in [5, 5.41) is 0. The van der Waals surface area contributed by atoms with Crippen molar-refractivity contribution >= 4 is 22.9 Å². The van der Waals surface area contributed by atoms with Crippen molar-refractivity contribution in [2.24, 2.45) is 11.7 Å². The van der Waals surface area contributed by atoms with Crippen LogP contribution in [0.5, 0.6) is 0 Å². The molecule has 0 amide bonds. The molecule has 1 atom stereocenters. The minimum Gasteiger partial charge on any atom is -0.326 e. The van der Waals surface area contributed by atoms with Gasteiger partial charge in [0.05, 0.1) is 10.3 Å². The molecule has 0 aromatic carbocycles. The smallest absolute Gasteiger partial charge is 0.326 e. The molecule has 0 saturated carbocycles. The van der Waals surface area contributed by atoms with Gasteiger partial charge in [0, 0.05) is 11.4 Å². The Morgan fingerprint density at radius 2 is 2.12 bits per heavy atom. The maximum Gasteiger partial charge on any atom is 0.392 e. The minimum absolute atomic E-state index is 0.0587. The molecule has 0 aliphatic heterocycles. The molecule has 0 spiro atoms. The van der Waals surface area contributed by atoms with Crippen LogP contribution in [0.15, 0.2) is 0 Å². The van der Waals surface area contributed by atoms with E-state index < -0.39 is 12.1 Å². The monoisotopic (exact) mass is 269 g/mol. The highest BCUT2D eigenvalue weighted by molar-refractivity contribution is 7.16. The molecule has 16 heavy (non-hydrogen) atoms. The maximum absolute atomic E-state index is 12.6. The average Bonchev–Trinajstić information content (AvgIpc) is 2.50. The van der Waals surface area contributed by atoms with Gasteiger partial charge in [-0.2, -0.15) is 13.2 Å². The Morgan fingerprint density at radius 1 is 1.44 bits per heavy atom. The molecule has 1 heterocycles. The van der Waals surface area contributed by atoms with Gasteiger partial charge in [-0.1, -0.05) is 11.6 Å². The fourth-order valence-corrected chi connectivity index (χ4v) is 3.75. The summed E-state index contributed by atoms with van der Waals surface area (Å²) >= 11 is 7.20. The summed E-state index contributed by atoms with van der Waals surface area (Å²) in [7, 11) is 0. The summed E-state index contributed by atoms with van der Waals surface area (Å²) in [6.07, 6.45) is -3.45. The number of hydrogen-bond donors (Lipinski definition) is 1. The molecular weight excluding hydrogens is 259 g/mol. The van der Waals surface area contributed by atoms with Gasteiger partial charge in [-0.05, 0) is 30.4 Å². The van der Waals surface area contributed by atoms with Crippen molar-refractivity contribution in [3.63, 3.8) is 0 Å². The van der Waals surface area contributed by atoms with Crippen LogP contribution >= 0.6 is 22.9 Å². The van der Waals surface area contributed by atoms with E-state index in [4.69, 9.17) is 17.3 Å². The molecule has 0 saturated heterocycles. The topological polar surface area (TPSA) is 26.0 Å². The van der Waals surface area contributed by atoms with E-state index >= 15 is 0 Å². The minimum atomic E-state index is -4.10. The summed E-state index contributed by atoms with van der Waals surface area (Å²) < 4.78 is 38.3. The van der Waals surface area contributed by atoms with Crippen LogP contribution in [0.3, 0.4) is 0 Å². The molecule has 0 bridgehead atoms. The van der Waals surface area contributed by atoms with Gasteiger partial charge >= 0.3 is 6.18 Å². The lowest BCUT2D eigenvalue weighted by Gasteiger charge is -2.24. The molecule has 2 N–H and O–H groups in total. The van der Waals surface area contributed by atoms with Gasteiger partial charge in [0.15, 0.2) is 0 Å². The van der Waals surface area contributed by atoms with Crippen LogP contribution in [0.4, 0.5) is 13.2 Å². The molecule has 90 valence electrons. The molecule has 1 unspecified atom stereocenters. The third-order valence-electron chi connectivity index (χ3n) is 2.99. The van der Waals surface area contributed by atoms with Crippen molar-refractivity contribution < 1.29 is 13.2 Å². The van der Waals surface area contributed by atoms with Crippen molar-refractivity contribution in [3.8, 4) is 0 Å². The SMILES string of the molecule is NCc1c(Cl)sc2c1CCC(C(F)(F)F)C2. The van der Waals surface area contributed by atoms with Gasteiger partial charge in [0.2, 0.25) is 0 Å². The molecule has 1 aliphatic rings. The first-order valence-electron chi connectivity index (χ1n) is 4.99. The van der Waals surface area contributed by atoms with Crippen LogP contribution in [0.2, 0.25) is 4.34 Å². The van der Waals surface area contributed by atoms with Gasteiger partial charge in [-0.3, -0.25) is 0 Å². The van der Waals surface area contributed by atoms with Gasteiger partial charge in [0.25, 0.3) is 0 Å². The van der Waals surface area contributed by atoms with Crippen LogP contribution in [-0.2, 0) is 19.4 Å². The summed E-state index contributed by atoms with van der Waals surface area (Å²) in [5.41, 5.74) is 7.33. The summed E-state index contributed by atoms with van der Waals surface area (Å²) in [5.74, 6) is -1.22. The lowest BCUT2D eigenvalue weighted by molar-refractivity contribution is -0.176. The van der Waals surface area contributed by atoms with Gasteiger partial charge in [0.1, 0.15) is 0 Å². The number of nitrogens with two attached hydrogens (primary N) is 1. The van der Waals surface area contributed by atoms with E-state index in [0.29, 0.717) is 17.3 Å². The van der Waals surface area contributed by atoms with E-state index in [1.807, 2.05) is 0 Å². The molecule has 0 radical (unpaired) electrons. The lowest BCUT2D eigenvalue weighted by atomic mass is 9.87. The zero-order chi connectivity index (χ0) is 11.9. The third kappa shape index (κ3) is 2.08. The maximum atomic E-state index is 12.6. The number of rotatable bonds is 1. The molecule has 1 nitrogen and oxygen atoms in total. The van der Waals surface area contributed by atoms with E-state index in [1.165, 1.54) is 11.3 Å². The van der Waals surface area contributed by atoms with Crippen molar-refractivity contribution in [1.29, 1.82) is 0 Å². The number of fused-ring (bicyclic) bond motifs is 1. The second-order valence-electron chi connectivity index (χ2n) is 3.94. The third-order valence-corrected chi connectivity index (χ3v) is 4.54. The Hall–Kier alpha value is -0.260. The number of alkyl halides is 3. The first kappa shape index (κ1) is 12.2. The highest BCUT2D eigenvalue weighted by Gasteiger charge is 2.42. The molecule has 6 heteroatoms. The first-order valence-corrected chi connectivity index (χ1v) is 6.18. The van der Waals surface area contributed by atoms with E-state index in [9.17, 15) is 13.2 Å². The highest BCUT2D eigenvalue weighted by Crippen LogP contribution is 2.43. The fraction of sp³-hybridized carbons (Fsp3) is 0.600. The van der Waals surface area contributed by atoms with Crippen molar-refractivity contribution in [2.75, 3.05) is 0 Å². The van der Waals surface area contributed by atoms with E-state index in [0.717, 1.165) is 16.0 Å². The second-order valence-corrected chi connectivity index (χ2v) is 5.65. The lowest BCUT2D eigenvalue weighted by Crippen LogP contribution is -2.28. The van der Waals surface area contributed by atoms with E-state index in [1.54, 1.807) is 0 Å². The van der Waals surface area contributed by atoms with Crippen molar-refractivity contribution in [2.45, 2.75) is 32.0 Å². The zero-order valence-corrected chi connectivity index (χ0v) is 9.98. The summed E-state index contributed by atoms with van der Waals surface area (Å²) in [6, 6.07) is 0. The predicted octanol–water partition coefficient (Wildman–Crippen LogP) is 3.53. The van der Waals surface area contributed by atoms with Crippen LogP contribution in [0.25, 0.3) is 0 Å². The first-order chi connectivity index (χ1) is 7.43. The van der Waals surface area contributed by atoms with Gasteiger partial charge in [-0.15, -0.1) is 11.3 Å². The largest absolute Gasteiger partial charge is 0.392 e. The molecule has 1 aromatic heterocycles. The quantitative estimate of drug-likeness (QED) is 0.829.